The molecule has 2 unspecified atom stereocenters. The minimum absolute atomic E-state index is 0.108. The molecule has 4 nitrogen and oxygen atoms in total. The molecule has 0 aliphatic heterocycles. The van der Waals surface area contributed by atoms with Crippen molar-refractivity contribution < 1.29 is 13.9 Å². The molecule has 1 aromatic rings. The van der Waals surface area contributed by atoms with Crippen LogP contribution in [0.15, 0.2) is 18.2 Å². The van der Waals surface area contributed by atoms with E-state index in [1.807, 2.05) is 6.92 Å². The van der Waals surface area contributed by atoms with Crippen LogP contribution in [0.4, 0.5) is 4.39 Å². The van der Waals surface area contributed by atoms with Gasteiger partial charge in [-0.1, -0.05) is 19.4 Å². The molecule has 0 bridgehead atoms. The van der Waals surface area contributed by atoms with Crippen molar-refractivity contribution in [2.45, 2.75) is 45.7 Å². The number of benzene rings is 1. The number of amides is 1. The van der Waals surface area contributed by atoms with E-state index in [9.17, 15) is 9.18 Å². The second-order valence-electron chi connectivity index (χ2n) is 5.02. The zero-order chi connectivity index (χ0) is 15.1. The average Bonchev–Trinajstić information content (AvgIpc) is 2.36. The van der Waals surface area contributed by atoms with Crippen LogP contribution >= 0.6 is 0 Å². The Hall–Kier alpha value is -1.62. The summed E-state index contributed by atoms with van der Waals surface area (Å²) in [6.07, 6.45) is 1.91. The molecule has 5 heteroatoms. The summed E-state index contributed by atoms with van der Waals surface area (Å²) in [5, 5.41) is 2.83. The Morgan fingerprint density at radius 2 is 2.15 bits per heavy atom. The molecule has 0 aliphatic carbocycles. The standard InChI is InChI=1S/C15H23FN2O2/c1-4-5-10(2)18-15(19)9-20-14-8-12(16)6-7-13(14)11(3)17/h6-8,10-11H,4-5,9,17H2,1-3H3,(H,18,19). The molecule has 0 heterocycles. The molecular weight excluding hydrogens is 259 g/mol. The summed E-state index contributed by atoms with van der Waals surface area (Å²) in [5.41, 5.74) is 6.47. The van der Waals surface area contributed by atoms with Crippen molar-refractivity contribution in [2.75, 3.05) is 6.61 Å². The van der Waals surface area contributed by atoms with Gasteiger partial charge in [-0.3, -0.25) is 4.79 Å². The highest BCUT2D eigenvalue weighted by Gasteiger charge is 2.12. The van der Waals surface area contributed by atoms with Crippen LogP contribution in [0.1, 0.15) is 45.2 Å². The number of nitrogens with two attached hydrogens (primary N) is 1. The van der Waals surface area contributed by atoms with E-state index in [0.29, 0.717) is 11.3 Å². The van der Waals surface area contributed by atoms with Gasteiger partial charge in [0.25, 0.3) is 5.91 Å². The van der Waals surface area contributed by atoms with Gasteiger partial charge < -0.3 is 15.8 Å². The van der Waals surface area contributed by atoms with Crippen LogP contribution in [0.25, 0.3) is 0 Å². The lowest BCUT2D eigenvalue weighted by Gasteiger charge is -2.16. The van der Waals surface area contributed by atoms with Crippen LogP contribution in [0.2, 0.25) is 0 Å². The van der Waals surface area contributed by atoms with E-state index in [1.54, 1.807) is 13.0 Å². The quantitative estimate of drug-likeness (QED) is 0.807. The first kappa shape index (κ1) is 16.4. The molecule has 0 radical (unpaired) electrons. The zero-order valence-corrected chi connectivity index (χ0v) is 12.3. The molecule has 0 aromatic heterocycles. The van der Waals surface area contributed by atoms with Gasteiger partial charge in [0.05, 0.1) is 0 Å². The van der Waals surface area contributed by atoms with Crippen molar-refractivity contribution in [3.05, 3.63) is 29.6 Å². The SMILES string of the molecule is CCCC(C)NC(=O)COc1cc(F)ccc1C(C)N. The van der Waals surface area contributed by atoms with Crippen LogP contribution < -0.4 is 15.8 Å². The monoisotopic (exact) mass is 282 g/mol. The molecule has 3 N–H and O–H groups in total. The number of hydrogen-bond acceptors (Lipinski definition) is 3. The fourth-order valence-corrected chi connectivity index (χ4v) is 1.97. The summed E-state index contributed by atoms with van der Waals surface area (Å²) in [6, 6.07) is 3.98. The van der Waals surface area contributed by atoms with E-state index in [2.05, 4.69) is 12.2 Å². The number of ether oxygens (including phenoxy) is 1. The minimum Gasteiger partial charge on any atom is -0.483 e. The number of nitrogens with one attached hydrogen (secondary N) is 1. The van der Waals surface area contributed by atoms with Crippen LogP contribution in [-0.2, 0) is 4.79 Å². The van der Waals surface area contributed by atoms with Crippen molar-refractivity contribution in [1.29, 1.82) is 0 Å². The first-order valence-corrected chi connectivity index (χ1v) is 6.91. The molecule has 20 heavy (non-hydrogen) atoms. The van der Waals surface area contributed by atoms with Crippen LogP contribution in [0.5, 0.6) is 5.75 Å². The molecule has 0 saturated heterocycles. The molecule has 1 rings (SSSR count). The van der Waals surface area contributed by atoms with E-state index < -0.39 is 5.82 Å². The van der Waals surface area contributed by atoms with Crippen molar-refractivity contribution in [3.8, 4) is 5.75 Å². The second-order valence-corrected chi connectivity index (χ2v) is 5.02. The highest BCUT2D eigenvalue weighted by atomic mass is 19.1. The lowest BCUT2D eigenvalue weighted by molar-refractivity contribution is -0.123. The van der Waals surface area contributed by atoms with E-state index in [0.717, 1.165) is 12.8 Å². The lowest BCUT2D eigenvalue weighted by Crippen LogP contribution is -2.36. The predicted octanol–water partition coefficient (Wildman–Crippen LogP) is 2.53. The third kappa shape index (κ3) is 5.17. The largest absolute Gasteiger partial charge is 0.483 e. The van der Waals surface area contributed by atoms with Crippen LogP contribution in [-0.4, -0.2) is 18.6 Å². The number of carbonyl (C=O) groups excluding carboxylic acids is 1. The third-order valence-electron chi connectivity index (χ3n) is 2.95. The molecule has 1 aromatic carbocycles. The van der Waals surface area contributed by atoms with Crippen LogP contribution in [0.3, 0.4) is 0 Å². The summed E-state index contributed by atoms with van der Waals surface area (Å²) in [6.45, 7) is 5.64. The second kappa shape index (κ2) is 7.85. The Bertz CT molecular complexity index is 449. The number of rotatable bonds is 7. The summed E-state index contributed by atoms with van der Waals surface area (Å²) in [7, 11) is 0. The minimum atomic E-state index is -0.413. The molecule has 1 amide bonds. The van der Waals surface area contributed by atoms with E-state index in [1.165, 1.54) is 12.1 Å². The summed E-state index contributed by atoms with van der Waals surface area (Å²) >= 11 is 0. The number of carbonyl (C=O) groups is 1. The molecule has 0 aliphatic rings. The maximum Gasteiger partial charge on any atom is 0.258 e. The normalized spacial score (nSPS) is 13.7. The fourth-order valence-electron chi connectivity index (χ4n) is 1.97. The van der Waals surface area contributed by atoms with Gasteiger partial charge in [-0.2, -0.15) is 0 Å². The molecular formula is C15H23FN2O2. The van der Waals surface area contributed by atoms with Gasteiger partial charge >= 0.3 is 0 Å². The summed E-state index contributed by atoms with van der Waals surface area (Å²) < 4.78 is 18.6. The van der Waals surface area contributed by atoms with Gasteiger partial charge in [-0.15, -0.1) is 0 Å². The highest BCUT2D eigenvalue weighted by molar-refractivity contribution is 5.77. The Kier molecular flexibility index (Phi) is 6.45. The van der Waals surface area contributed by atoms with Gasteiger partial charge in [0, 0.05) is 23.7 Å². The number of hydrogen-bond donors (Lipinski definition) is 2. The lowest BCUT2D eigenvalue weighted by atomic mass is 10.1. The van der Waals surface area contributed by atoms with E-state index in [4.69, 9.17) is 10.5 Å². The van der Waals surface area contributed by atoms with Gasteiger partial charge in [0.2, 0.25) is 0 Å². The first-order chi connectivity index (χ1) is 9.43. The summed E-state index contributed by atoms with van der Waals surface area (Å²) in [5.74, 6) is -0.312. The molecule has 2 atom stereocenters. The van der Waals surface area contributed by atoms with Crippen molar-refractivity contribution in [2.24, 2.45) is 5.73 Å². The molecule has 0 saturated carbocycles. The van der Waals surface area contributed by atoms with Crippen molar-refractivity contribution in [3.63, 3.8) is 0 Å². The number of halogens is 1. The third-order valence-corrected chi connectivity index (χ3v) is 2.95. The van der Waals surface area contributed by atoms with Gasteiger partial charge in [-0.25, -0.2) is 4.39 Å². The van der Waals surface area contributed by atoms with Crippen molar-refractivity contribution in [1.82, 2.24) is 5.32 Å². The van der Waals surface area contributed by atoms with Crippen LogP contribution in [0, 0.1) is 5.82 Å². The van der Waals surface area contributed by atoms with Gasteiger partial charge in [0.15, 0.2) is 6.61 Å². The highest BCUT2D eigenvalue weighted by Crippen LogP contribution is 2.24. The Morgan fingerprint density at radius 1 is 1.45 bits per heavy atom. The Balaban J connectivity index is 2.61. The maximum absolute atomic E-state index is 13.2. The van der Waals surface area contributed by atoms with E-state index in [-0.39, 0.29) is 24.6 Å². The maximum atomic E-state index is 13.2. The molecule has 112 valence electrons. The molecule has 0 spiro atoms. The summed E-state index contributed by atoms with van der Waals surface area (Å²) in [4.78, 5) is 11.7. The Morgan fingerprint density at radius 3 is 2.75 bits per heavy atom. The predicted molar refractivity (Wildman–Crippen MR) is 77.0 cm³/mol. The smallest absolute Gasteiger partial charge is 0.258 e. The van der Waals surface area contributed by atoms with Gasteiger partial charge in [0.1, 0.15) is 11.6 Å². The Labute approximate surface area is 119 Å². The van der Waals surface area contributed by atoms with E-state index >= 15 is 0 Å². The fraction of sp³-hybridized carbons (Fsp3) is 0.533. The topological polar surface area (TPSA) is 64.3 Å². The molecule has 0 fully saturated rings. The van der Waals surface area contributed by atoms with Crippen molar-refractivity contribution >= 4 is 5.91 Å². The first-order valence-electron chi connectivity index (χ1n) is 6.91. The zero-order valence-electron chi connectivity index (χ0n) is 12.3. The van der Waals surface area contributed by atoms with Gasteiger partial charge in [-0.05, 0) is 26.3 Å². The average molecular weight is 282 g/mol.